The molecule has 0 aromatic heterocycles. The standard InChI is InChI=1S/C28H24N2O8S/c1-19-8-12-23(13-9-19)39(34,35)29-25-14-10-21(16-24(25)28(31)36-2)38-22-11-15-26(30(32)33)27(17-22)37-18-20-6-4-3-5-7-20/h3-17,29H,18H2,1-2H3. The number of aryl methyl sites for hydroxylation is 1. The van der Waals surface area contributed by atoms with Crippen molar-refractivity contribution in [2.75, 3.05) is 11.8 Å². The first-order valence-electron chi connectivity index (χ1n) is 11.6. The van der Waals surface area contributed by atoms with E-state index in [2.05, 4.69) is 4.72 Å². The first kappa shape index (κ1) is 27.1. The summed E-state index contributed by atoms with van der Waals surface area (Å²) in [6, 6.07) is 23.5. The molecule has 1 N–H and O–H groups in total. The number of nitro benzene ring substituents is 1. The maximum atomic E-state index is 12.9. The minimum absolute atomic E-state index is 0.00276. The van der Waals surface area contributed by atoms with E-state index in [-0.39, 0.29) is 45.7 Å². The fourth-order valence-corrected chi connectivity index (χ4v) is 4.65. The quantitative estimate of drug-likeness (QED) is 0.148. The van der Waals surface area contributed by atoms with Crippen molar-refractivity contribution in [2.24, 2.45) is 0 Å². The Balaban J connectivity index is 1.60. The maximum absolute atomic E-state index is 12.9. The molecule has 0 saturated heterocycles. The van der Waals surface area contributed by atoms with Crippen LogP contribution in [0, 0.1) is 17.0 Å². The Bertz CT molecular complexity index is 1600. The van der Waals surface area contributed by atoms with Crippen LogP contribution in [0.5, 0.6) is 17.2 Å². The van der Waals surface area contributed by atoms with Crippen LogP contribution in [0.1, 0.15) is 21.5 Å². The number of sulfonamides is 1. The zero-order chi connectivity index (χ0) is 28.0. The molecule has 4 rings (SSSR count). The molecule has 0 bridgehead atoms. The molecule has 0 amide bonds. The molecule has 0 fully saturated rings. The van der Waals surface area contributed by atoms with Crippen LogP contribution in [-0.2, 0) is 21.4 Å². The van der Waals surface area contributed by atoms with Crippen LogP contribution in [0.3, 0.4) is 0 Å². The molecule has 0 atom stereocenters. The molecule has 11 heteroatoms. The van der Waals surface area contributed by atoms with Gasteiger partial charge in [0.05, 0.1) is 28.2 Å². The molecule has 0 radical (unpaired) electrons. The Morgan fingerprint density at radius 1 is 0.923 bits per heavy atom. The molecule has 0 saturated carbocycles. The number of hydrogen-bond donors (Lipinski definition) is 1. The summed E-state index contributed by atoms with van der Waals surface area (Å²) in [6.07, 6.45) is 0. The first-order valence-corrected chi connectivity index (χ1v) is 13.1. The summed E-state index contributed by atoms with van der Waals surface area (Å²) >= 11 is 0. The van der Waals surface area contributed by atoms with Crippen molar-refractivity contribution in [3.8, 4) is 17.2 Å². The zero-order valence-electron chi connectivity index (χ0n) is 21.0. The van der Waals surface area contributed by atoms with Crippen LogP contribution < -0.4 is 14.2 Å². The molecule has 10 nitrogen and oxygen atoms in total. The van der Waals surface area contributed by atoms with Gasteiger partial charge in [-0.1, -0.05) is 48.0 Å². The number of carbonyl (C=O) groups excluding carboxylic acids is 1. The van der Waals surface area contributed by atoms with Crippen molar-refractivity contribution >= 4 is 27.4 Å². The molecule has 4 aromatic carbocycles. The van der Waals surface area contributed by atoms with Crippen molar-refractivity contribution in [3.05, 3.63) is 118 Å². The lowest BCUT2D eigenvalue weighted by Crippen LogP contribution is -2.16. The number of benzene rings is 4. The minimum Gasteiger partial charge on any atom is -0.482 e. The van der Waals surface area contributed by atoms with Crippen LogP contribution in [0.4, 0.5) is 11.4 Å². The monoisotopic (exact) mass is 548 g/mol. The number of anilines is 1. The van der Waals surface area contributed by atoms with Gasteiger partial charge in [0.15, 0.2) is 0 Å². The average Bonchev–Trinajstić information content (AvgIpc) is 2.93. The molecule has 39 heavy (non-hydrogen) atoms. The van der Waals surface area contributed by atoms with E-state index >= 15 is 0 Å². The summed E-state index contributed by atoms with van der Waals surface area (Å²) in [5, 5.41) is 11.5. The SMILES string of the molecule is COC(=O)c1cc(Oc2ccc([N+](=O)[O-])c(OCc3ccccc3)c2)ccc1NS(=O)(=O)c1ccc(C)cc1. The number of methoxy groups -OCH3 is 1. The Kier molecular flexibility index (Phi) is 8.11. The van der Waals surface area contributed by atoms with Crippen molar-refractivity contribution in [1.82, 2.24) is 0 Å². The van der Waals surface area contributed by atoms with Crippen LogP contribution in [0.25, 0.3) is 0 Å². The summed E-state index contributed by atoms with van der Waals surface area (Å²) in [5.41, 5.74) is 1.38. The molecular formula is C28H24N2O8S. The van der Waals surface area contributed by atoms with E-state index in [1.807, 2.05) is 37.3 Å². The van der Waals surface area contributed by atoms with E-state index in [1.54, 1.807) is 12.1 Å². The van der Waals surface area contributed by atoms with Gasteiger partial charge in [-0.25, -0.2) is 13.2 Å². The normalized spacial score (nSPS) is 10.9. The van der Waals surface area contributed by atoms with E-state index in [1.165, 1.54) is 55.6 Å². The van der Waals surface area contributed by atoms with Gasteiger partial charge in [0, 0.05) is 12.1 Å². The van der Waals surface area contributed by atoms with Crippen LogP contribution >= 0.6 is 0 Å². The molecule has 0 aliphatic rings. The molecule has 4 aromatic rings. The van der Waals surface area contributed by atoms with Crippen LogP contribution in [-0.4, -0.2) is 26.4 Å². The Morgan fingerprint density at radius 3 is 2.26 bits per heavy atom. The van der Waals surface area contributed by atoms with E-state index in [4.69, 9.17) is 14.2 Å². The summed E-state index contributed by atoms with van der Waals surface area (Å²) in [6.45, 7) is 1.94. The lowest BCUT2D eigenvalue weighted by Gasteiger charge is -2.14. The third kappa shape index (κ3) is 6.70. The summed E-state index contributed by atoms with van der Waals surface area (Å²) in [4.78, 5) is 23.5. The van der Waals surface area contributed by atoms with Crippen LogP contribution in [0.15, 0.2) is 95.9 Å². The second-order valence-corrected chi connectivity index (χ2v) is 10.1. The van der Waals surface area contributed by atoms with Gasteiger partial charge in [-0.2, -0.15) is 0 Å². The number of ether oxygens (including phenoxy) is 3. The second kappa shape index (κ2) is 11.7. The molecule has 0 spiro atoms. The number of carbonyl (C=O) groups is 1. The van der Waals surface area contributed by atoms with Crippen molar-refractivity contribution in [3.63, 3.8) is 0 Å². The zero-order valence-corrected chi connectivity index (χ0v) is 21.8. The molecular weight excluding hydrogens is 524 g/mol. The number of esters is 1. The van der Waals surface area contributed by atoms with Gasteiger partial charge >= 0.3 is 11.7 Å². The van der Waals surface area contributed by atoms with Crippen molar-refractivity contribution in [1.29, 1.82) is 0 Å². The van der Waals surface area contributed by atoms with Gasteiger partial charge in [0.1, 0.15) is 18.1 Å². The second-order valence-electron chi connectivity index (χ2n) is 8.38. The topological polar surface area (TPSA) is 134 Å². The number of nitrogens with one attached hydrogen (secondary N) is 1. The maximum Gasteiger partial charge on any atom is 0.340 e. The van der Waals surface area contributed by atoms with Gasteiger partial charge in [-0.05, 0) is 48.9 Å². The van der Waals surface area contributed by atoms with E-state index < -0.39 is 20.9 Å². The average molecular weight is 549 g/mol. The van der Waals surface area contributed by atoms with Crippen LogP contribution in [0.2, 0.25) is 0 Å². The third-order valence-corrected chi connectivity index (χ3v) is 6.95. The number of nitro groups is 1. The van der Waals surface area contributed by atoms with E-state index in [0.717, 1.165) is 11.1 Å². The lowest BCUT2D eigenvalue weighted by molar-refractivity contribution is -0.386. The van der Waals surface area contributed by atoms with Gasteiger partial charge in [-0.3, -0.25) is 14.8 Å². The summed E-state index contributed by atoms with van der Waals surface area (Å²) in [7, 11) is -2.83. The van der Waals surface area contributed by atoms with E-state index in [0.29, 0.717) is 0 Å². The lowest BCUT2D eigenvalue weighted by atomic mass is 10.1. The summed E-state index contributed by atoms with van der Waals surface area (Å²) < 4.78 is 44.5. The first-order chi connectivity index (χ1) is 18.7. The largest absolute Gasteiger partial charge is 0.482 e. The van der Waals surface area contributed by atoms with Crippen molar-refractivity contribution in [2.45, 2.75) is 18.4 Å². The fourth-order valence-electron chi connectivity index (χ4n) is 3.57. The Labute approximate surface area is 225 Å². The van der Waals surface area contributed by atoms with Gasteiger partial charge < -0.3 is 14.2 Å². The predicted octanol–water partition coefficient (Wildman–Crippen LogP) is 5.86. The Hall–Kier alpha value is -4.90. The van der Waals surface area contributed by atoms with Gasteiger partial charge in [-0.15, -0.1) is 0 Å². The number of hydrogen-bond acceptors (Lipinski definition) is 8. The highest BCUT2D eigenvalue weighted by atomic mass is 32.2. The molecule has 0 heterocycles. The Morgan fingerprint density at radius 2 is 1.59 bits per heavy atom. The third-order valence-electron chi connectivity index (χ3n) is 5.57. The number of nitrogens with zero attached hydrogens (tertiary/aromatic N) is 1. The summed E-state index contributed by atoms with van der Waals surface area (Å²) in [5.74, 6) is -0.432. The minimum atomic E-state index is -3.99. The molecule has 200 valence electrons. The highest BCUT2D eigenvalue weighted by molar-refractivity contribution is 7.92. The molecule has 0 aliphatic heterocycles. The molecule has 0 unspecified atom stereocenters. The highest BCUT2D eigenvalue weighted by Crippen LogP contribution is 2.35. The van der Waals surface area contributed by atoms with Crippen molar-refractivity contribution < 1.29 is 32.3 Å². The highest BCUT2D eigenvalue weighted by Gasteiger charge is 2.21. The molecule has 0 aliphatic carbocycles. The fraction of sp³-hybridized carbons (Fsp3) is 0.107. The van der Waals surface area contributed by atoms with Gasteiger partial charge in [0.25, 0.3) is 10.0 Å². The van der Waals surface area contributed by atoms with Gasteiger partial charge in [0.2, 0.25) is 5.75 Å². The number of rotatable bonds is 10. The predicted molar refractivity (Wildman–Crippen MR) is 144 cm³/mol. The smallest absolute Gasteiger partial charge is 0.340 e. The van der Waals surface area contributed by atoms with E-state index in [9.17, 15) is 23.3 Å².